The molecule has 6 N–H and O–H groups in total. The third kappa shape index (κ3) is 8.77. The van der Waals surface area contributed by atoms with Gasteiger partial charge in [-0.2, -0.15) is 4.37 Å². The van der Waals surface area contributed by atoms with Gasteiger partial charge in [0.05, 0.1) is 11.5 Å². The molecule has 1 aromatic carbocycles. The minimum absolute atomic E-state index is 0.00631. The Morgan fingerprint density at radius 3 is 2.62 bits per heavy atom. The molecule has 0 saturated carbocycles. The number of thioether (sulfide) groups is 2. The highest BCUT2D eigenvalue weighted by Crippen LogP contribution is 2.42. The van der Waals surface area contributed by atoms with Crippen molar-refractivity contribution < 1.29 is 38.6 Å². The Balaban J connectivity index is 1.47. The molecular weight excluding hydrogens is 669 g/mol. The average molecular weight is 707 g/mol. The molecule has 0 radical (unpaired) electrons. The fraction of sp³-hybridized carbons (Fsp3) is 0.500. The normalized spacial score (nSPS) is 18.9. The average Bonchev–Trinajstić information content (AvgIpc) is 3.58. The number of aliphatic hydroxyl groups is 1. The molecule has 254 valence electrons. The monoisotopic (exact) mass is 706 g/mol. The standard InChI is InChI=1S/C30H38N6O8S3/c1-30(2,3)28(42)44-15-43-27(41)21-16(13-46-29-33-14-34-47-29)12-45-26-20(25(40)36(21)26)35-24(39)23(38)18-9-5-4-8-17(18)22(37)19(32)10-6-7-11-31/h4-5,8-9,14,19-20,23,26,38H,6-7,10-13,15,31-32H2,1-3H3,(H,35,39)/t19-,20?,23?,26-/m0/s1. The number of carbonyl (C=O) groups is 5. The van der Waals surface area contributed by atoms with Crippen molar-refractivity contribution >= 4 is 64.6 Å². The van der Waals surface area contributed by atoms with Crippen LogP contribution >= 0.6 is 35.1 Å². The molecule has 0 aliphatic carbocycles. The number of Topliss-reactive ketones (excluding diaryl/α,β-unsaturated/α-hetero) is 1. The van der Waals surface area contributed by atoms with Gasteiger partial charge in [0.25, 0.3) is 11.8 Å². The first-order valence-corrected chi connectivity index (χ1v) is 17.6. The summed E-state index contributed by atoms with van der Waals surface area (Å²) < 4.78 is 15.0. The van der Waals surface area contributed by atoms with E-state index >= 15 is 0 Å². The summed E-state index contributed by atoms with van der Waals surface area (Å²) in [6.07, 6.45) is 1.41. The van der Waals surface area contributed by atoms with E-state index < -0.39 is 65.3 Å². The number of nitrogens with zero attached hydrogens (tertiary/aromatic N) is 3. The minimum atomic E-state index is -1.77. The topological polar surface area (TPSA) is 217 Å². The van der Waals surface area contributed by atoms with Crippen LogP contribution in [0, 0.1) is 5.41 Å². The Morgan fingerprint density at radius 2 is 1.94 bits per heavy atom. The van der Waals surface area contributed by atoms with E-state index in [0.29, 0.717) is 47.2 Å². The quantitative estimate of drug-likeness (QED) is 0.0518. The Morgan fingerprint density at radius 1 is 1.19 bits per heavy atom. The van der Waals surface area contributed by atoms with Crippen LogP contribution < -0.4 is 16.8 Å². The highest BCUT2D eigenvalue weighted by atomic mass is 32.2. The van der Waals surface area contributed by atoms with Crippen molar-refractivity contribution in [3.05, 3.63) is 53.0 Å². The number of hydrogen-bond donors (Lipinski definition) is 4. The van der Waals surface area contributed by atoms with Crippen molar-refractivity contribution in [2.75, 3.05) is 24.8 Å². The number of unbranched alkanes of at least 4 members (excludes halogenated alkanes) is 1. The number of nitrogens with one attached hydrogen (secondary N) is 1. The number of benzene rings is 1. The number of aliphatic hydroxyl groups excluding tert-OH is 1. The second kappa shape index (κ2) is 16.2. The third-order valence-electron chi connectivity index (χ3n) is 7.32. The summed E-state index contributed by atoms with van der Waals surface area (Å²) in [7, 11) is 0. The van der Waals surface area contributed by atoms with E-state index in [2.05, 4.69) is 14.7 Å². The molecule has 0 spiro atoms. The first-order valence-electron chi connectivity index (χ1n) is 14.8. The molecule has 1 fully saturated rings. The zero-order valence-corrected chi connectivity index (χ0v) is 28.6. The largest absolute Gasteiger partial charge is 0.427 e. The lowest BCUT2D eigenvalue weighted by molar-refractivity contribution is -0.173. The maximum atomic E-state index is 13.5. The Hall–Kier alpha value is -3.35. The fourth-order valence-corrected chi connectivity index (χ4v) is 7.68. The first-order chi connectivity index (χ1) is 22.3. The molecule has 4 rings (SSSR count). The number of hydrogen-bond acceptors (Lipinski definition) is 15. The van der Waals surface area contributed by atoms with Crippen LogP contribution in [0.3, 0.4) is 0 Å². The van der Waals surface area contributed by atoms with Gasteiger partial charge in [-0.05, 0) is 57.3 Å². The maximum Gasteiger partial charge on any atom is 0.357 e. The molecular formula is C30H38N6O8S3. The van der Waals surface area contributed by atoms with Crippen LogP contribution in [0.2, 0.25) is 0 Å². The highest BCUT2D eigenvalue weighted by Gasteiger charge is 2.54. The number of rotatable bonds is 15. The molecule has 0 bridgehead atoms. The van der Waals surface area contributed by atoms with Crippen molar-refractivity contribution in [2.45, 2.75) is 67.9 Å². The summed E-state index contributed by atoms with van der Waals surface area (Å²) in [6, 6.07) is 4.24. The highest BCUT2D eigenvalue weighted by molar-refractivity contribution is 8.01. The van der Waals surface area contributed by atoms with E-state index in [4.69, 9.17) is 20.9 Å². The van der Waals surface area contributed by atoms with E-state index in [1.165, 1.54) is 58.4 Å². The Kier molecular flexibility index (Phi) is 12.5. The molecule has 1 saturated heterocycles. The van der Waals surface area contributed by atoms with E-state index in [1.807, 2.05) is 0 Å². The molecule has 4 atom stereocenters. The van der Waals surface area contributed by atoms with Gasteiger partial charge in [0.1, 0.15) is 23.4 Å². The number of β-lactam (4-membered cyclic amide) rings is 1. The minimum Gasteiger partial charge on any atom is -0.427 e. The van der Waals surface area contributed by atoms with Gasteiger partial charge in [-0.25, -0.2) is 9.78 Å². The van der Waals surface area contributed by atoms with Crippen molar-refractivity contribution in [1.29, 1.82) is 0 Å². The number of amides is 2. The van der Waals surface area contributed by atoms with E-state index in [1.54, 1.807) is 32.9 Å². The molecule has 47 heavy (non-hydrogen) atoms. The predicted molar refractivity (Wildman–Crippen MR) is 176 cm³/mol. The number of ketones is 1. The van der Waals surface area contributed by atoms with Gasteiger partial charge in [-0.15, -0.1) is 11.8 Å². The zero-order valence-electron chi connectivity index (χ0n) is 26.2. The molecule has 2 aliphatic heterocycles. The number of aromatic nitrogens is 2. The van der Waals surface area contributed by atoms with Crippen LogP contribution in [0.15, 0.2) is 46.2 Å². The zero-order chi connectivity index (χ0) is 34.3. The SMILES string of the molecule is CC(C)(C)C(=O)OCOC(=O)C1=C(CSc2ncns2)CS[C@H]2C(NC(=O)C(O)c3ccccc3C(=O)[C@@H](N)CCCCN)C(=O)N12. The molecule has 3 heterocycles. The van der Waals surface area contributed by atoms with Gasteiger partial charge in [-0.3, -0.25) is 24.1 Å². The van der Waals surface area contributed by atoms with Gasteiger partial charge >= 0.3 is 11.9 Å². The number of fused-ring (bicyclic) bond motifs is 1. The lowest BCUT2D eigenvalue weighted by Crippen LogP contribution is -2.71. The lowest BCUT2D eigenvalue weighted by atomic mass is 9.93. The maximum absolute atomic E-state index is 13.5. The lowest BCUT2D eigenvalue weighted by Gasteiger charge is -2.49. The van der Waals surface area contributed by atoms with Gasteiger partial charge in [0, 0.05) is 22.6 Å². The summed E-state index contributed by atoms with van der Waals surface area (Å²) in [5.74, 6) is -2.70. The van der Waals surface area contributed by atoms with E-state index in [9.17, 15) is 29.1 Å². The van der Waals surface area contributed by atoms with E-state index in [0.717, 1.165) is 0 Å². The number of nitrogens with two attached hydrogens (primary N) is 2. The van der Waals surface area contributed by atoms with Crippen molar-refractivity contribution in [2.24, 2.45) is 16.9 Å². The van der Waals surface area contributed by atoms with Crippen LogP contribution in [0.4, 0.5) is 0 Å². The summed E-state index contributed by atoms with van der Waals surface area (Å²) in [5.41, 5.74) is 11.6. The van der Waals surface area contributed by atoms with Crippen LogP contribution in [-0.2, 0) is 28.7 Å². The molecule has 2 unspecified atom stereocenters. The summed E-state index contributed by atoms with van der Waals surface area (Å²) in [4.78, 5) is 70.7. The second-order valence-electron chi connectivity index (χ2n) is 11.8. The van der Waals surface area contributed by atoms with Crippen molar-refractivity contribution in [1.82, 2.24) is 19.6 Å². The van der Waals surface area contributed by atoms with Crippen LogP contribution in [0.5, 0.6) is 0 Å². The van der Waals surface area contributed by atoms with Gasteiger partial charge in [0.15, 0.2) is 16.2 Å². The first kappa shape index (κ1) is 36.5. The van der Waals surface area contributed by atoms with Crippen molar-refractivity contribution in [3.63, 3.8) is 0 Å². The summed E-state index contributed by atoms with van der Waals surface area (Å²) in [5, 5.41) is 12.9. The van der Waals surface area contributed by atoms with Crippen LogP contribution in [-0.4, -0.2) is 91.2 Å². The summed E-state index contributed by atoms with van der Waals surface area (Å²) >= 11 is 3.85. The van der Waals surface area contributed by atoms with Gasteiger partial charge in [0.2, 0.25) is 6.79 Å². The number of carbonyl (C=O) groups excluding carboxylic acids is 5. The predicted octanol–water partition coefficient (Wildman–Crippen LogP) is 1.75. The van der Waals surface area contributed by atoms with E-state index in [-0.39, 0.29) is 16.8 Å². The van der Waals surface area contributed by atoms with Crippen LogP contribution in [0.25, 0.3) is 0 Å². The smallest absolute Gasteiger partial charge is 0.357 e. The fourth-order valence-electron chi connectivity index (χ4n) is 4.75. The van der Waals surface area contributed by atoms with Crippen LogP contribution in [0.1, 0.15) is 62.1 Å². The second-order valence-corrected chi connectivity index (χ2v) is 14.9. The molecule has 2 aliphatic rings. The molecule has 17 heteroatoms. The molecule has 2 aromatic rings. The Bertz CT molecular complexity index is 1510. The Labute approximate surface area is 284 Å². The number of esters is 2. The van der Waals surface area contributed by atoms with Crippen molar-refractivity contribution in [3.8, 4) is 0 Å². The molecule has 2 amide bonds. The molecule has 1 aromatic heterocycles. The molecule has 14 nitrogen and oxygen atoms in total. The van der Waals surface area contributed by atoms with Gasteiger partial charge < -0.3 is 31.4 Å². The summed E-state index contributed by atoms with van der Waals surface area (Å²) in [6.45, 7) is 4.81. The van der Waals surface area contributed by atoms with Gasteiger partial charge in [-0.1, -0.05) is 42.4 Å². The third-order valence-corrected chi connectivity index (χ3v) is 10.5. The number of ether oxygens (including phenoxy) is 2.